The molecule has 0 unspecified atom stereocenters. The molecule has 0 fully saturated rings. The molecule has 0 spiro atoms. The molecule has 1 heterocycles. The molecule has 0 atom stereocenters. The van der Waals surface area contributed by atoms with E-state index in [-0.39, 0.29) is 5.56 Å². The standard InChI is InChI=1S/C28H22N2O2/c31-28(32)24-14-8-12-22(18-24)21-11-7-13-23(17-21)26-19-30(25-15-5-2-6-16-25)27(29-26)20-9-3-1-4-10-20/h1,3-5,7-19H,2,6H2,(H,31,32). The maximum atomic E-state index is 11.4. The zero-order valence-corrected chi connectivity index (χ0v) is 17.5. The highest BCUT2D eigenvalue weighted by Crippen LogP contribution is 2.31. The van der Waals surface area contributed by atoms with Gasteiger partial charge in [-0.25, -0.2) is 9.78 Å². The number of hydrogen-bond donors (Lipinski definition) is 1. The third kappa shape index (κ3) is 3.91. The highest BCUT2D eigenvalue weighted by atomic mass is 16.4. The Hall–Kier alpha value is -4.18. The molecule has 156 valence electrons. The first-order chi connectivity index (χ1) is 15.7. The van der Waals surface area contributed by atoms with Crippen molar-refractivity contribution in [3.05, 3.63) is 109 Å². The van der Waals surface area contributed by atoms with Crippen molar-refractivity contribution in [2.45, 2.75) is 12.8 Å². The number of imidazole rings is 1. The Kier molecular flexibility index (Phi) is 5.26. The molecule has 0 amide bonds. The van der Waals surface area contributed by atoms with Gasteiger partial charge in [0.2, 0.25) is 0 Å². The van der Waals surface area contributed by atoms with E-state index in [1.807, 2.05) is 42.5 Å². The van der Waals surface area contributed by atoms with Crippen LogP contribution in [0.1, 0.15) is 23.2 Å². The van der Waals surface area contributed by atoms with Crippen LogP contribution in [-0.2, 0) is 0 Å². The first kappa shape index (κ1) is 19.8. The van der Waals surface area contributed by atoms with Gasteiger partial charge in [0.25, 0.3) is 0 Å². The van der Waals surface area contributed by atoms with Gasteiger partial charge in [0.1, 0.15) is 5.82 Å². The predicted octanol–water partition coefficient (Wildman–Crippen LogP) is 6.77. The molecule has 0 saturated heterocycles. The monoisotopic (exact) mass is 418 g/mol. The molecular weight excluding hydrogens is 396 g/mol. The number of aromatic nitrogens is 2. The second kappa shape index (κ2) is 8.52. The summed E-state index contributed by atoms with van der Waals surface area (Å²) in [5.41, 5.74) is 6.15. The van der Waals surface area contributed by atoms with E-state index in [2.05, 4.69) is 47.2 Å². The second-order valence-electron chi connectivity index (χ2n) is 7.76. The van der Waals surface area contributed by atoms with Gasteiger partial charge in [-0.1, -0.05) is 72.8 Å². The smallest absolute Gasteiger partial charge is 0.335 e. The third-order valence-corrected chi connectivity index (χ3v) is 5.59. The van der Waals surface area contributed by atoms with Crippen LogP contribution in [0.3, 0.4) is 0 Å². The number of hydrogen-bond acceptors (Lipinski definition) is 2. The van der Waals surface area contributed by atoms with Gasteiger partial charge in [0.05, 0.1) is 11.3 Å². The summed E-state index contributed by atoms with van der Waals surface area (Å²) in [5.74, 6) is -0.0280. The largest absolute Gasteiger partial charge is 0.478 e. The molecule has 0 saturated carbocycles. The van der Waals surface area contributed by atoms with E-state index >= 15 is 0 Å². The lowest BCUT2D eigenvalue weighted by atomic mass is 10.0. The number of carboxylic acids is 1. The maximum absolute atomic E-state index is 11.4. The Balaban J connectivity index is 1.60. The zero-order chi connectivity index (χ0) is 21.9. The van der Waals surface area contributed by atoms with Crippen LogP contribution in [0.4, 0.5) is 0 Å². The molecule has 1 aromatic heterocycles. The summed E-state index contributed by atoms with van der Waals surface area (Å²) in [7, 11) is 0. The van der Waals surface area contributed by atoms with E-state index in [0.29, 0.717) is 0 Å². The topological polar surface area (TPSA) is 55.1 Å². The summed E-state index contributed by atoms with van der Waals surface area (Å²) in [5, 5.41) is 9.33. The predicted molar refractivity (Wildman–Crippen MR) is 128 cm³/mol. The third-order valence-electron chi connectivity index (χ3n) is 5.59. The van der Waals surface area contributed by atoms with Crippen LogP contribution in [0.5, 0.6) is 0 Å². The number of carboxylic acid groups (broad SMARTS) is 1. The molecule has 4 aromatic rings. The summed E-state index contributed by atoms with van der Waals surface area (Å²) in [6, 6.07) is 25.3. The lowest BCUT2D eigenvalue weighted by Crippen LogP contribution is -1.98. The van der Waals surface area contributed by atoms with Gasteiger partial charge in [0.15, 0.2) is 0 Å². The number of nitrogens with zero attached hydrogens (tertiary/aromatic N) is 2. The molecule has 1 aliphatic carbocycles. The number of carbonyl (C=O) groups is 1. The van der Waals surface area contributed by atoms with Crippen molar-refractivity contribution in [1.82, 2.24) is 9.55 Å². The van der Waals surface area contributed by atoms with Crippen LogP contribution < -0.4 is 0 Å². The Morgan fingerprint density at radius 1 is 0.812 bits per heavy atom. The van der Waals surface area contributed by atoms with E-state index in [9.17, 15) is 9.90 Å². The van der Waals surface area contributed by atoms with Crippen molar-refractivity contribution in [3.63, 3.8) is 0 Å². The number of rotatable bonds is 5. The Morgan fingerprint density at radius 2 is 1.53 bits per heavy atom. The van der Waals surface area contributed by atoms with Crippen LogP contribution in [0.15, 0.2) is 103 Å². The first-order valence-corrected chi connectivity index (χ1v) is 10.6. The fraction of sp³-hybridized carbons (Fsp3) is 0.0714. The van der Waals surface area contributed by atoms with Gasteiger partial charge < -0.3 is 5.11 Å². The lowest BCUT2D eigenvalue weighted by molar-refractivity contribution is 0.0697. The molecule has 32 heavy (non-hydrogen) atoms. The van der Waals surface area contributed by atoms with Gasteiger partial charge in [-0.05, 0) is 48.2 Å². The first-order valence-electron chi connectivity index (χ1n) is 10.6. The van der Waals surface area contributed by atoms with Crippen molar-refractivity contribution in [2.24, 2.45) is 0 Å². The second-order valence-corrected chi connectivity index (χ2v) is 7.76. The van der Waals surface area contributed by atoms with Crippen LogP contribution >= 0.6 is 0 Å². The molecule has 0 bridgehead atoms. The van der Waals surface area contributed by atoms with E-state index < -0.39 is 5.97 Å². The lowest BCUT2D eigenvalue weighted by Gasteiger charge is -2.11. The summed E-state index contributed by atoms with van der Waals surface area (Å²) in [6.45, 7) is 0. The molecule has 4 heteroatoms. The highest BCUT2D eigenvalue weighted by Gasteiger charge is 2.15. The Morgan fingerprint density at radius 3 is 2.28 bits per heavy atom. The Bertz CT molecular complexity index is 1350. The van der Waals surface area contributed by atoms with Crippen molar-refractivity contribution in [2.75, 3.05) is 0 Å². The fourth-order valence-corrected chi connectivity index (χ4v) is 3.98. The van der Waals surface area contributed by atoms with Crippen LogP contribution in [0.2, 0.25) is 0 Å². The SMILES string of the molecule is O=C(O)c1cccc(-c2cccc(-c3cn(C4=CCCC=C4)c(-c4ccccc4)n3)c2)c1. The average Bonchev–Trinajstić information content (AvgIpc) is 3.31. The molecule has 1 N–H and O–H groups in total. The molecule has 0 radical (unpaired) electrons. The summed E-state index contributed by atoms with van der Waals surface area (Å²) in [6.07, 6.45) is 10.7. The van der Waals surface area contributed by atoms with E-state index in [4.69, 9.17) is 4.98 Å². The minimum absolute atomic E-state index is 0.277. The highest BCUT2D eigenvalue weighted by molar-refractivity contribution is 5.89. The fourth-order valence-electron chi connectivity index (χ4n) is 3.98. The van der Waals surface area contributed by atoms with Crippen molar-refractivity contribution in [1.29, 1.82) is 0 Å². The average molecular weight is 418 g/mol. The normalized spacial score (nSPS) is 13.1. The van der Waals surface area contributed by atoms with Gasteiger partial charge in [-0.3, -0.25) is 4.57 Å². The van der Waals surface area contributed by atoms with Gasteiger partial charge in [-0.15, -0.1) is 0 Å². The van der Waals surface area contributed by atoms with Gasteiger partial charge in [0, 0.05) is 23.0 Å². The molecule has 4 nitrogen and oxygen atoms in total. The Labute approximate surface area is 186 Å². The van der Waals surface area contributed by atoms with Crippen molar-refractivity contribution >= 4 is 11.7 Å². The minimum Gasteiger partial charge on any atom is -0.478 e. The number of allylic oxidation sites excluding steroid dienone is 4. The number of benzene rings is 3. The molecule has 5 rings (SSSR count). The van der Waals surface area contributed by atoms with E-state index in [1.165, 1.54) is 0 Å². The molecular formula is C28H22N2O2. The van der Waals surface area contributed by atoms with Gasteiger partial charge in [-0.2, -0.15) is 0 Å². The van der Waals surface area contributed by atoms with Crippen LogP contribution in [0, 0.1) is 0 Å². The molecule has 3 aromatic carbocycles. The van der Waals surface area contributed by atoms with Crippen molar-refractivity contribution in [3.8, 4) is 33.8 Å². The quantitative estimate of drug-likeness (QED) is 0.389. The van der Waals surface area contributed by atoms with Crippen LogP contribution in [0.25, 0.3) is 39.5 Å². The molecule has 1 aliphatic rings. The van der Waals surface area contributed by atoms with E-state index in [0.717, 1.165) is 52.3 Å². The van der Waals surface area contributed by atoms with E-state index in [1.54, 1.807) is 18.2 Å². The number of aromatic carboxylic acids is 1. The zero-order valence-electron chi connectivity index (χ0n) is 17.5. The summed E-state index contributed by atoms with van der Waals surface area (Å²) in [4.78, 5) is 16.4. The summed E-state index contributed by atoms with van der Waals surface area (Å²) >= 11 is 0. The van der Waals surface area contributed by atoms with Crippen molar-refractivity contribution < 1.29 is 9.90 Å². The minimum atomic E-state index is -0.928. The maximum Gasteiger partial charge on any atom is 0.335 e. The molecule has 0 aliphatic heterocycles. The summed E-state index contributed by atoms with van der Waals surface area (Å²) < 4.78 is 2.15. The van der Waals surface area contributed by atoms with Crippen LogP contribution in [-0.4, -0.2) is 20.6 Å². The van der Waals surface area contributed by atoms with Gasteiger partial charge >= 0.3 is 5.97 Å².